The number of nitrogens with zero attached hydrogens (tertiary/aromatic N) is 2. The molecule has 160 valence electrons. The van der Waals surface area contributed by atoms with Crippen LogP contribution in [-0.4, -0.2) is 62.9 Å². The minimum absolute atomic E-state index is 0.0302. The van der Waals surface area contributed by atoms with Gasteiger partial charge >= 0.3 is 0 Å². The fourth-order valence-corrected chi connectivity index (χ4v) is 5.34. The molecule has 2 aliphatic rings. The van der Waals surface area contributed by atoms with E-state index in [2.05, 4.69) is 0 Å². The number of hydrogen-bond acceptors (Lipinski definition) is 5. The number of benzene rings is 2. The summed E-state index contributed by atoms with van der Waals surface area (Å²) in [4.78, 5) is 14.9. The lowest BCUT2D eigenvalue weighted by molar-refractivity contribution is -0.138. The van der Waals surface area contributed by atoms with Crippen LogP contribution in [0, 0.1) is 5.92 Å². The molecule has 0 unspecified atom stereocenters. The van der Waals surface area contributed by atoms with Crippen LogP contribution in [0.5, 0.6) is 11.5 Å². The lowest BCUT2D eigenvalue weighted by Crippen LogP contribution is -2.52. The number of amides is 1. The molecule has 1 saturated heterocycles. The van der Waals surface area contributed by atoms with Crippen molar-refractivity contribution in [1.82, 2.24) is 9.21 Å². The van der Waals surface area contributed by atoms with Gasteiger partial charge in [-0.1, -0.05) is 18.2 Å². The molecule has 2 heterocycles. The molecule has 4 rings (SSSR count). The largest absolute Gasteiger partial charge is 0.494 e. The van der Waals surface area contributed by atoms with Crippen LogP contribution in [0.1, 0.15) is 12.5 Å². The quantitative estimate of drug-likeness (QED) is 0.727. The van der Waals surface area contributed by atoms with E-state index in [4.69, 9.17) is 9.47 Å². The third-order valence-corrected chi connectivity index (χ3v) is 7.46. The maximum atomic E-state index is 13.0. The summed E-state index contributed by atoms with van der Waals surface area (Å²) in [7, 11) is -3.59. The third kappa shape index (κ3) is 4.15. The minimum atomic E-state index is -3.59. The van der Waals surface area contributed by atoms with Crippen molar-refractivity contribution in [2.75, 3.05) is 39.4 Å². The van der Waals surface area contributed by atoms with Gasteiger partial charge < -0.3 is 14.4 Å². The summed E-state index contributed by atoms with van der Waals surface area (Å²) in [5.74, 6) is 1.28. The second kappa shape index (κ2) is 8.65. The topological polar surface area (TPSA) is 76.2 Å². The van der Waals surface area contributed by atoms with Crippen LogP contribution in [-0.2, 0) is 21.2 Å². The summed E-state index contributed by atoms with van der Waals surface area (Å²) >= 11 is 0. The number of ether oxygens (including phenoxy) is 2. The normalized spacial score (nSPS) is 19.6. The van der Waals surface area contributed by atoms with Crippen LogP contribution >= 0.6 is 0 Å². The average Bonchev–Trinajstić information content (AvgIpc) is 2.79. The van der Waals surface area contributed by atoms with Gasteiger partial charge in [0.15, 0.2) is 0 Å². The molecule has 0 aromatic heterocycles. The van der Waals surface area contributed by atoms with Crippen molar-refractivity contribution < 1.29 is 22.7 Å². The molecule has 30 heavy (non-hydrogen) atoms. The number of rotatable bonds is 5. The predicted molar refractivity (Wildman–Crippen MR) is 112 cm³/mol. The Morgan fingerprint density at radius 3 is 2.47 bits per heavy atom. The minimum Gasteiger partial charge on any atom is -0.494 e. The van der Waals surface area contributed by atoms with Crippen molar-refractivity contribution in [2.45, 2.75) is 18.2 Å². The van der Waals surface area contributed by atoms with Crippen molar-refractivity contribution in [1.29, 1.82) is 0 Å². The highest BCUT2D eigenvalue weighted by atomic mass is 32.2. The molecule has 1 fully saturated rings. The fraction of sp³-hybridized carbons (Fsp3) is 0.409. The Hall–Kier alpha value is -2.58. The van der Waals surface area contributed by atoms with Gasteiger partial charge in [0, 0.05) is 26.2 Å². The molecule has 7 nitrogen and oxygen atoms in total. The first kappa shape index (κ1) is 20.7. The van der Waals surface area contributed by atoms with Gasteiger partial charge in [0.2, 0.25) is 15.9 Å². The molecule has 0 saturated carbocycles. The number of carbonyl (C=O) groups excluding carboxylic acids is 1. The van der Waals surface area contributed by atoms with E-state index >= 15 is 0 Å². The van der Waals surface area contributed by atoms with Crippen molar-refractivity contribution in [2.24, 2.45) is 5.92 Å². The Labute approximate surface area is 177 Å². The first-order valence-electron chi connectivity index (χ1n) is 10.2. The molecule has 0 aliphatic carbocycles. The van der Waals surface area contributed by atoms with Gasteiger partial charge in [0.25, 0.3) is 0 Å². The van der Waals surface area contributed by atoms with Gasteiger partial charge in [-0.05, 0) is 49.2 Å². The molecule has 1 amide bonds. The Kier molecular flexibility index (Phi) is 5.97. The standard InChI is InChI=1S/C22H26N2O5S/c1-2-28-19-7-9-20(10-8-19)30(26,27)24-13-11-23(12-14-24)22(25)18-15-17-5-3-4-6-21(17)29-16-18/h3-10,18H,2,11-16H2,1H3/t18-/m0/s1. The zero-order valence-electron chi connectivity index (χ0n) is 17.0. The summed E-state index contributed by atoms with van der Waals surface area (Å²) in [6, 6.07) is 14.2. The van der Waals surface area contributed by atoms with Crippen LogP contribution < -0.4 is 9.47 Å². The van der Waals surface area contributed by atoms with Crippen LogP contribution in [0.25, 0.3) is 0 Å². The van der Waals surface area contributed by atoms with E-state index in [0.29, 0.717) is 38.5 Å². The van der Waals surface area contributed by atoms with E-state index < -0.39 is 10.0 Å². The molecule has 0 spiro atoms. The Morgan fingerprint density at radius 1 is 1.07 bits per heavy atom. The van der Waals surface area contributed by atoms with Gasteiger partial charge in [0.1, 0.15) is 18.1 Å². The van der Waals surface area contributed by atoms with E-state index in [9.17, 15) is 13.2 Å². The molecule has 1 atom stereocenters. The van der Waals surface area contributed by atoms with Crippen molar-refractivity contribution >= 4 is 15.9 Å². The second-order valence-electron chi connectivity index (χ2n) is 7.45. The zero-order valence-corrected chi connectivity index (χ0v) is 17.8. The summed E-state index contributed by atoms with van der Waals surface area (Å²) in [6.45, 7) is 4.10. The Balaban J connectivity index is 1.37. The van der Waals surface area contributed by atoms with Crippen LogP contribution in [0.4, 0.5) is 0 Å². The highest BCUT2D eigenvalue weighted by molar-refractivity contribution is 7.89. The molecule has 0 N–H and O–H groups in total. The summed E-state index contributed by atoms with van der Waals surface area (Å²) in [5.41, 5.74) is 1.04. The Bertz CT molecular complexity index is 998. The van der Waals surface area contributed by atoms with Crippen LogP contribution in [0.2, 0.25) is 0 Å². The molecule has 2 aromatic carbocycles. The molecule has 0 bridgehead atoms. The number of hydrogen-bond donors (Lipinski definition) is 0. The van der Waals surface area contributed by atoms with E-state index in [1.807, 2.05) is 31.2 Å². The smallest absolute Gasteiger partial charge is 0.243 e. The van der Waals surface area contributed by atoms with E-state index in [0.717, 1.165) is 11.3 Å². The lowest BCUT2D eigenvalue weighted by atomic mass is 9.95. The van der Waals surface area contributed by atoms with Gasteiger partial charge in [-0.25, -0.2) is 8.42 Å². The van der Waals surface area contributed by atoms with Gasteiger partial charge in [-0.15, -0.1) is 0 Å². The highest BCUT2D eigenvalue weighted by Gasteiger charge is 2.34. The highest BCUT2D eigenvalue weighted by Crippen LogP contribution is 2.28. The number of carbonyl (C=O) groups is 1. The summed E-state index contributed by atoms with van der Waals surface area (Å²) in [6.07, 6.45) is 0.652. The summed E-state index contributed by atoms with van der Waals surface area (Å²) < 4.78 is 38.4. The first-order chi connectivity index (χ1) is 14.5. The molecule has 2 aliphatic heterocycles. The fourth-order valence-electron chi connectivity index (χ4n) is 3.92. The average molecular weight is 431 g/mol. The van der Waals surface area contributed by atoms with Gasteiger partial charge in [-0.2, -0.15) is 4.31 Å². The molecule has 2 aromatic rings. The predicted octanol–water partition coefficient (Wildman–Crippen LogP) is 2.17. The Morgan fingerprint density at radius 2 is 1.77 bits per heavy atom. The number of fused-ring (bicyclic) bond motifs is 1. The zero-order chi connectivity index (χ0) is 21.1. The van der Waals surface area contributed by atoms with Crippen molar-refractivity contribution in [3.05, 3.63) is 54.1 Å². The maximum absolute atomic E-state index is 13.0. The number of sulfonamides is 1. The van der Waals surface area contributed by atoms with Gasteiger partial charge in [-0.3, -0.25) is 4.79 Å². The lowest BCUT2D eigenvalue weighted by Gasteiger charge is -2.36. The van der Waals surface area contributed by atoms with Crippen LogP contribution in [0.15, 0.2) is 53.4 Å². The summed E-state index contributed by atoms with van der Waals surface area (Å²) in [5, 5.41) is 0. The SMILES string of the molecule is CCOc1ccc(S(=O)(=O)N2CCN(C(=O)[C@@H]3COc4ccccc4C3)CC2)cc1. The van der Waals surface area contributed by atoms with Gasteiger partial charge in [0.05, 0.1) is 17.4 Å². The molecular weight excluding hydrogens is 404 g/mol. The second-order valence-corrected chi connectivity index (χ2v) is 9.39. The number of piperazine rings is 1. The first-order valence-corrected chi connectivity index (χ1v) is 11.7. The van der Waals surface area contributed by atoms with E-state index in [1.165, 1.54) is 4.31 Å². The monoisotopic (exact) mass is 430 g/mol. The van der Waals surface area contributed by atoms with Crippen LogP contribution in [0.3, 0.4) is 0 Å². The van der Waals surface area contributed by atoms with Crippen molar-refractivity contribution in [3.63, 3.8) is 0 Å². The molecule has 0 radical (unpaired) electrons. The third-order valence-electron chi connectivity index (χ3n) is 5.55. The number of para-hydroxylation sites is 1. The van der Waals surface area contributed by atoms with E-state index in [1.54, 1.807) is 29.2 Å². The molecular formula is C22H26N2O5S. The van der Waals surface area contributed by atoms with Crippen molar-refractivity contribution in [3.8, 4) is 11.5 Å². The molecule has 8 heteroatoms. The van der Waals surface area contributed by atoms with E-state index in [-0.39, 0.29) is 29.8 Å². The maximum Gasteiger partial charge on any atom is 0.243 e.